The van der Waals surface area contributed by atoms with Crippen LogP contribution in [0.5, 0.6) is 0 Å². The molecule has 2 unspecified atom stereocenters. The van der Waals surface area contributed by atoms with Crippen LogP contribution in [0.3, 0.4) is 0 Å². The van der Waals surface area contributed by atoms with Crippen LogP contribution in [-0.4, -0.2) is 137 Å². The van der Waals surface area contributed by atoms with Crippen molar-refractivity contribution in [2.75, 3.05) is 71.7 Å². The summed E-state index contributed by atoms with van der Waals surface area (Å²) in [5.41, 5.74) is 2.95. The summed E-state index contributed by atoms with van der Waals surface area (Å²) in [5.74, 6) is -0.574. The van der Waals surface area contributed by atoms with Crippen LogP contribution in [0.4, 0.5) is 4.79 Å². The highest BCUT2D eigenvalue weighted by molar-refractivity contribution is 8.77. The number of carbonyl (C=O) groups is 3. The number of nitrogens with one attached hydrogen (secondary N) is 4. The molecule has 0 spiro atoms. The number of alkyl carbamates (subject to hydrolysis) is 1. The van der Waals surface area contributed by atoms with Crippen LogP contribution in [0.1, 0.15) is 56.0 Å². The lowest BCUT2D eigenvalue weighted by molar-refractivity contribution is -0.126. The fraction of sp³-hybridized carbons (Fsp3) is 0.500. The standard InChI is InChI=1S/C42H56N5O15PS2/c1-42(2,3)65-64-26-33(45-41(53)60-23-32-30-12-6-4-10-28(30)29-11-5-7-13-31(29)32)39(51)44-15-16-57-17-18-58-19-20-59-25-36(49)43-14-8-9-27-22-47(40(52)46-38(27)50)37-21-34(48)35(62-37)24-61-63(54,55)56/h4-13,22,32-35,37,48H,14-21,23-26H2,1-3H3,(H,43,49)(H,44,51)(H,45,53)(H,46,50,52)(H2,54,55,56)/t33?,34?,35-,37-/m1/s1. The number of hydrogen-bond acceptors (Lipinski definition) is 15. The SMILES string of the molecule is CC(C)(C)SSCC(NC(=O)OCC1c2ccccc2-c2ccccc21)C(=O)NCCOCCOCCOCC(=O)NCC=Cc1cn([C@H]2CC(O)[C@@H](COP(=O)(O)O)O2)c(=O)[nH]c1=O. The van der Waals surface area contributed by atoms with Gasteiger partial charge < -0.3 is 54.5 Å². The Balaban J connectivity index is 0.924. The second-order valence-corrected chi connectivity index (χ2v) is 20.2. The number of hydrogen-bond donors (Lipinski definition) is 7. The van der Waals surface area contributed by atoms with Crippen LogP contribution in [0, 0.1) is 0 Å². The van der Waals surface area contributed by atoms with Gasteiger partial charge in [0.1, 0.15) is 31.6 Å². The first-order chi connectivity index (χ1) is 31.0. The van der Waals surface area contributed by atoms with Gasteiger partial charge in [-0.2, -0.15) is 0 Å². The maximum Gasteiger partial charge on any atom is 0.469 e. The Morgan fingerprint density at radius 2 is 1.60 bits per heavy atom. The quantitative estimate of drug-likeness (QED) is 0.0365. The van der Waals surface area contributed by atoms with Gasteiger partial charge >= 0.3 is 19.6 Å². The topological polar surface area (TPSA) is 275 Å². The maximum absolute atomic E-state index is 13.2. The summed E-state index contributed by atoms with van der Waals surface area (Å²) >= 11 is 0. The summed E-state index contributed by atoms with van der Waals surface area (Å²) in [6.45, 7) is 6.72. The fourth-order valence-electron chi connectivity index (χ4n) is 6.67. The van der Waals surface area contributed by atoms with E-state index in [-0.39, 0.29) is 87.9 Å². The Morgan fingerprint density at radius 1 is 0.954 bits per heavy atom. The van der Waals surface area contributed by atoms with Crippen molar-refractivity contribution in [1.82, 2.24) is 25.5 Å². The van der Waals surface area contributed by atoms with E-state index in [4.69, 9.17) is 33.5 Å². The number of aromatic nitrogens is 2. The molecule has 0 saturated carbocycles. The molecule has 1 aliphatic carbocycles. The second kappa shape index (κ2) is 25.0. The van der Waals surface area contributed by atoms with Crippen LogP contribution >= 0.6 is 29.4 Å². The number of phosphoric acid groups is 1. The molecule has 356 valence electrons. The van der Waals surface area contributed by atoms with Gasteiger partial charge in [-0.1, -0.05) is 103 Å². The van der Waals surface area contributed by atoms with Crippen molar-refractivity contribution in [2.24, 2.45) is 0 Å². The van der Waals surface area contributed by atoms with Crippen molar-refractivity contribution >= 4 is 53.4 Å². The Kier molecular flexibility index (Phi) is 19.9. The number of amides is 3. The van der Waals surface area contributed by atoms with E-state index in [1.54, 1.807) is 10.8 Å². The molecule has 2 aromatic carbocycles. The number of aliphatic hydroxyl groups is 1. The monoisotopic (exact) mass is 965 g/mol. The van der Waals surface area contributed by atoms with E-state index >= 15 is 0 Å². The van der Waals surface area contributed by atoms with Crippen molar-refractivity contribution in [1.29, 1.82) is 0 Å². The molecule has 1 aliphatic heterocycles. The second-order valence-electron chi connectivity index (χ2n) is 15.7. The van der Waals surface area contributed by atoms with Gasteiger partial charge in [-0.15, -0.1) is 0 Å². The minimum Gasteiger partial charge on any atom is -0.449 e. The van der Waals surface area contributed by atoms with Gasteiger partial charge in [0.05, 0.1) is 51.3 Å². The van der Waals surface area contributed by atoms with Gasteiger partial charge in [0.15, 0.2) is 0 Å². The molecule has 0 radical (unpaired) electrons. The number of H-pyrrole nitrogens is 1. The van der Waals surface area contributed by atoms with Crippen LogP contribution in [0.15, 0.2) is 70.4 Å². The summed E-state index contributed by atoms with van der Waals surface area (Å²) in [6, 6.07) is 15.3. The van der Waals surface area contributed by atoms with Gasteiger partial charge in [0, 0.05) is 42.1 Å². The third-order valence-electron chi connectivity index (χ3n) is 9.65. The molecule has 3 aromatic rings. The molecular weight excluding hydrogens is 910 g/mol. The Labute approximate surface area is 383 Å². The normalized spacial score (nSPS) is 17.7. The number of nitrogens with zero attached hydrogens (tertiary/aromatic N) is 1. The molecule has 1 saturated heterocycles. The molecule has 0 bridgehead atoms. The number of aliphatic hydroxyl groups excluding tert-OH is 1. The van der Waals surface area contributed by atoms with Crippen LogP contribution in [-0.2, 0) is 42.4 Å². The number of aromatic amines is 1. The number of ether oxygens (including phenoxy) is 5. The first-order valence-electron chi connectivity index (χ1n) is 20.7. The number of carbonyl (C=O) groups excluding carboxylic acids is 3. The van der Waals surface area contributed by atoms with E-state index in [0.29, 0.717) is 5.75 Å². The van der Waals surface area contributed by atoms with Crippen LogP contribution in [0.25, 0.3) is 17.2 Å². The average Bonchev–Trinajstić information content (AvgIpc) is 3.78. The molecule has 1 fully saturated rings. The number of rotatable bonds is 25. The third kappa shape index (κ3) is 16.8. The van der Waals surface area contributed by atoms with E-state index in [0.717, 1.165) is 26.8 Å². The summed E-state index contributed by atoms with van der Waals surface area (Å²) in [4.78, 5) is 83.1. The molecule has 2 heterocycles. The van der Waals surface area contributed by atoms with Crippen molar-refractivity contribution in [2.45, 2.75) is 62.3 Å². The van der Waals surface area contributed by atoms with Gasteiger partial charge in [-0.3, -0.25) is 28.5 Å². The molecule has 5 rings (SSSR count). The van der Waals surface area contributed by atoms with Gasteiger partial charge in [0.2, 0.25) is 11.8 Å². The first kappa shape index (κ1) is 51.7. The number of phosphoric ester groups is 1. The summed E-state index contributed by atoms with van der Waals surface area (Å²) in [6.07, 6.45) is -0.0766. The highest BCUT2D eigenvalue weighted by Crippen LogP contribution is 2.44. The molecule has 23 heteroatoms. The summed E-state index contributed by atoms with van der Waals surface area (Å²) < 4.78 is 44.0. The molecule has 3 amide bonds. The molecule has 20 nitrogen and oxygen atoms in total. The highest BCUT2D eigenvalue weighted by atomic mass is 33.1. The van der Waals surface area contributed by atoms with Crippen LogP contribution < -0.4 is 27.2 Å². The first-order valence-corrected chi connectivity index (χ1v) is 24.6. The molecule has 1 aromatic heterocycles. The largest absolute Gasteiger partial charge is 0.469 e. The van der Waals surface area contributed by atoms with E-state index in [2.05, 4.69) is 58.4 Å². The van der Waals surface area contributed by atoms with E-state index < -0.39 is 62.2 Å². The molecule has 65 heavy (non-hydrogen) atoms. The predicted octanol–water partition coefficient (Wildman–Crippen LogP) is 2.68. The Morgan fingerprint density at radius 3 is 2.26 bits per heavy atom. The predicted molar refractivity (Wildman–Crippen MR) is 243 cm³/mol. The fourth-order valence-corrected chi connectivity index (χ4v) is 9.47. The zero-order valence-electron chi connectivity index (χ0n) is 36.2. The maximum atomic E-state index is 13.2. The molecule has 2 aliphatic rings. The Bertz CT molecular complexity index is 2220. The van der Waals surface area contributed by atoms with Crippen molar-refractivity contribution in [3.63, 3.8) is 0 Å². The summed E-state index contributed by atoms with van der Waals surface area (Å²) in [7, 11) is -1.70. The minimum atomic E-state index is -4.81. The van der Waals surface area contributed by atoms with E-state index in [1.165, 1.54) is 29.1 Å². The lowest BCUT2D eigenvalue weighted by atomic mass is 9.98. The summed E-state index contributed by atoms with van der Waals surface area (Å²) in [5, 5.41) is 18.4. The van der Waals surface area contributed by atoms with Crippen molar-refractivity contribution < 1.29 is 62.1 Å². The van der Waals surface area contributed by atoms with Crippen LogP contribution in [0.2, 0.25) is 0 Å². The number of benzene rings is 2. The number of fused-ring (bicyclic) bond motifs is 3. The minimum absolute atomic E-state index is 0.0282. The molecule has 4 atom stereocenters. The highest BCUT2D eigenvalue weighted by Gasteiger charge is 2.37. The molecule has 7 N–H and O–H groups in total. The van der Waals surface area contributed by atoms with Crippen molar-refractivity contribution in [3.8, 4) is 11.1 Å². The van der Waals surface area contributed by atoms with E-state index in [1.807, 2.05) is 36.4 Å². The average molecular weight is 966 g/mol. The van der Waals surface area contributed by atoms with Gasteiger partial charge in [-0.05, 0) is 22.3 Å². The third-order valence-corrected chi connectivity index (χ3v) is 13.5. The van der Waals surface area contributed by atoms with E-state index in [9.17, 15) is 33.6 Å². The Hall–Kier alpha value is -4.32. The molecular formula is C42H56N5O15PS2. The smallest absolute Gasteiger partial charge is 0.449 e. The van der Waals surface area contributed by atoms with Crippen molar-refractivity contribution in [3.05, 3.63) is 98.3 Å². The van der Waals surface area contributed by atoms with Gasteiger partial charge in [0.25, 0.3) is 5.56 Å². The zero-order valence-corrected chi connectivity index (χ0v) is 38.7. The lowest BCUT2D eigenvalue weighted by Crippen LogP contribution is -2.49. The zero-order chi connectivity index (χ0) is 47.0. The lowest BCUT2D eigenvalue weighted by Gasteiger charge is -2.21. The van der Waals surface area contributed by atoms with Gasteiger partial charge in [-0.25, -0.2) is 14.2 Å².